The van der Waals surface area contributed by atoms with Gasteiger partial charge in [-0.1, -0.05) is 17.7 Å². The van der Waals surface area contributed by atoms with Crippen molar-refractivity contribution >= 4 is 17.8 Å². The van der Waals surface area contributed by atoms with Crippen LogP contribution in [0.4, 0.5) is 5.69 Å². The number of ether oxygens (including phenoxy) is 2. The number of amides is 1. The summed E-state index contributed by atoms with van der Waals surface area (Å²) in [5.41, 5.74) is 8.79. The molecule has 1 aliphatic heterocycles. The fourth-order valence-corrected chi connectivity index (χ4v) is 3.41. The highest BCUT2D eigenvalue weighted by Crippen LogP contribution is 2.34. The van der Waals surface area contributed by atoms with Crippen LogP contribution in [0.3, 0.4) is 0 Å². The van der Waals surface area contributed by atoms with Crippen molar-refractivity contribution in [3.8, 4) is 17.2 Å². The largest absolute Gasteiger partial charge is 0.454 e. The van der Waals surface area contributed by atoms with Crippen LogP contribution in [0, 0.1) is 20.8 Å². The highest BCUT2D eigenvalue weighted by Gasteiger charge is 2.13. The Bertz CT molecular complexity index is 1100. The minimum atomic E-state index is -0.240. The summed E-state index contributed by atoms with van der Waals surface area (Å²) in [6.07, 6.45) is 1.67. The molecule has 1 aliphatic rings. The maximum atomic E-state index is 12.1. The molecular weight excluding hydrogens is 380 g/mol. The molecule has 0 saturated heterocycles. The molecule has 1 amide bonds. The lowest BCUT2D eigenvalue weighted by atomic mass is 10.2. The normalized spacial score (nSPS) is 12.4. The third-order valence-electron chi connectivity index (χ3n) is 4.98. The van der Waals surface area contributed by atoms with Gasteiger partial charge in [0.2, 0.25) is 6.79 Å². The van der Waals surface area contributed by atoms with Crippen LogP contribution < -0.4 is 20.2 Å². The number of aryl methyl sites for hydroxylation is 2. The number of hydrogen-bond acceptors (Lipinski definition) is 5. The second kappa shape index (κ2) is 8.32. The molecule has 0 atom stereocenters. The molecule has 3 aromatic rings. The van der Waals surface area contributed by atoms with Gasteiger partial charge in [0.1, 0.15) is 0 Å². The monoisotopic (exact) mass is 404 g/mol. The van der Waals surface area contributed by atoms with Gasteiger partial charge in [-0.15, -0.1) is 0 Å². The molecule has 0 fully saturated rings. The van der Waals surface area contributed by atoms with E-state index in [1.54, 1.807) is 12.3 Å². The minimum Gasteiger partial charge on any atom is -0.454 e. The Morgan fingerprint density at radius 1 is 1.07 bits per heavy atom. The Balaban J connectivity index is 1.35. The lowest BCUT2D eigenvalue weighted by Gasteiger charge is -2.09. The van der Waals surface area contributed by atoms with E-state index >= 15 is 0 Å². The molecule has 30 heavy (non-hydrogen) atoms. The van der Waals surface area contributed by atoms with Crippen molar-refractivity contribution in [1.82, 2.24) is 9.99 Å². The number of rotatable bonds is 6. The van der Waals surface area contributed by atoms with Gasteiger partial charge in [-0.25, -0.2) is 5.43 Å². The minimum absolute atomic E-state index is 0.0966. The van der Waals surface area contributed by atoms with Crippen LogP contribution >= 0.6 is 0 Å². The summed E-state index contributed by atoms with van der Waals surface area (Å²) in [7, 11) is 0. The molecule has 0 unspecified atom stereocenters. The van der Waals surface area contributed by atoms with E-state index in [1.165, 1.54) is 5.56 Å². The standard InChI is InChI=1S/C23H24N4O3/c1-15-4-7-20(8-5-15)27-16(2)10-18(17(27)3)12-25-26-23(28)13-24-19-6-9-21-22(11-19)30-14-29-21/h4-12,24H,13-14H2,1-3H3,(H,26,28)/b25-12-. The molecule has 0 spiro atoms. The fourth-order valence-electron chi connectivity index (χ4n) is 3.41. The molecule has 154 valence electrons. The zero-order chi connectivity index (χ0) is 21.1. The van der Waals surface area contributed by atoms with E-state index in [1.807, 2.05) is 19.1 Å². The number of nitrogens with one attached hydrogen (secondary N) is 2. The summed E-state index contributed by atoms with van der Waals surface area (Å²) in [5.74, 6) is 1.14. The fraction of sp³-hybridized carbons (Fsp3) is 0.217. The Kier molecular flexibility index (Phi) is 5.43. The SMILES string of the molecule is Cc1ccc(-n2c(C)cc(/C=N\NC(=O)CNc3ccc4c(c3)OCO4)c2C)cc1. The van der Waals surface area contributed by atoms with Crippen LogP contribution in [-0.2, 0) is 4.79 Å². The van der Waals surface area contributed by atoms with Crippen LogP contribution in [0.2, 0.25) is 0 Å². The van der Waals surface area contributed by atoms with Crippen molar-refractivity contribution < 1.29 is 14.3 Å². The molecular formula is C23H24N4O3. The first-order chi connectivity index (χ1) is 14.5. The Hall–Kier alpha value is -3.74. The number of anilines is 1. The second-order valence-corrected chi connectivity index (χ2v) is 7.21. The molecule has 2 aromatic carbocycles. The van der Waals surface area contributed by atoms with Gasteiger partial charge >= 0.3 is 0 Å². The van der Waals surface area contributed by atoms with Gasteiger partial charge in [0, 0.05) is 34.4 Å². The predicted octanol–water partition coefficient (Wildman–Crippen LogP) is 3.69. The zero-order valence-corrected chi connectivity index (χ0v) is 17.2. The van der Waals surface area contributed by atoms with Crippen molar-refractivity contribution in [2.75, 3.05) is 18.7 Å². The molecule has 4 rings (SSSR count). The number of carbonyl (C=O) groups is 1. The molecule has 0 aliphatic carbocycles. The highest BCUT2D eigenvalue weighted by molar-refractivity contribution is 5.85. The maximum Gasteiger partial charge on any atom is 0.259 e. The highest BCUT2D eigenvalue weighted by atomic mass is 16.7. The van der Waals surface area contributed by atoms with Crippen LogP contribution in [0.5, 0.6) is 11.5 Å². The van der Waals surface area contributed by atoms with Gasteiger partial charge in [0.05, 0.1) is 12.8 Å². The second-order valence-electron chi connectivity index (χ2n) is 7.21. The number of fused-ring (bicyclic) bond motifs is 1. The maximum absolute atomic E-state index is 12.1. The molecule has 2 heterocycles. The first-order valence-corrected chi connectivity index (χ1v) is 9.72. The van der Waals surface area contributed by atoms with Crippen molar-refractivity contribution in [1.29, 1.82) is 0 Å². The number of hydrazone groups is 1. The van der Waals surface area contributed by atoms with E-state index in [4.69, 9.17) is 9.47 Å². The Morgan fingerprint density at radius 2 is 1.83 bits per heavy atom. The molecule has 2 N–H and O–H groups in total. The van der Waals surface area contributed by atoms with E-state index in [2.05, 4.69) is 64.6 Å². The number of aromatic nitrogens is 1. The van der Waals surface area contributed by atoms with Crippen LogP contribution in [0.15, 0.2) is 53.6 Å². The Labute approximate surface area is 175 Å². The summed E-state index contributed by atoms with van der Waals surface area (Å²) in [5, 5.41) is 7.16. The molecule has 7 heteroatoms. The van der Waals surface area contributed by atoms with Crippen molar-refractivity contribution in [2.24, 2.45) is 5.10 Å². The van der Waals surface area contributed by atoms with Crippen molar-refractivity contribution in [3.05, 3.63) is 71.0 Å². The van der Waals surface area contributed by atoms with Gasteiger partial charge in [-0.2, -0.15) is 5.10 Å². The molecule has 0 saturated carbocycles. The van der Waals surface area contributed by atoms with Gasteiger partial charge in [-0.3, -0.25) is 4.79 Å². The van der Waals surface area contributed by atoms with Crippen LogP contribution in [-0.4, -0.2) is 30.0 Å². The third-order valence-corrected chi connectivity index (χ3v) is 4.98. The number of hydrogen-bond donors (Lipinski definition) is 2. The lowest BCUT2D eigenvalue weighted by molar-refractivity contribution is -0.119. The van der Waals surface area contributed by atoms with Gasteiger partial charge in [0.15, 0.2) is 11.5 Å². The average molecular weight is 404 g/mol. The first-order valence-electron chi connectivity index (χ1n) is 9.72. The van der Waals surface area contributed by atoms with E-state index in [9.17, 15) is 4.79 Å². The topological polar surface area (TPSA) is 76.9 Å². The molecule has 0 radical (unpaired) electrons. The van der Waals surface area contributed by atoms with E-state index in [0.717, 1.165) is 28.3 Å². The molecule has 1 aromatic heterocycles. The van der Waals surface area contributed by atoms with E-state index in [0.29, 0.717) is 11.5 Å². The van der Waals surface area contributed by atoms with Crippen molar-refractivity contribution in [2.45, 2.75) is 20.8 Å². The van der Waals surface area contributed by atoms with Gasteiger partial charge in [-0.05, 0) is 51.1 Å². The zero-order valence-electron chi connectivity index (χ0n) is 17.2. The van der Waals surface area contributed by atoms with E-state index < -0.39 is 0 Å². The van der Waals surface area contributed by atoms with Gasteiger partial charge < -0.3 is 19.4 Å². The average Bonchev–Trinajstić information content (AvgIpc) is 3.31. The number of carbonyl (C=O) groups excluding carboxylic acids is 1. The van der Waals surface area contributed by atoms with Gasteiger partial charge in [0.25, 0.3) is 5.91 Å². The Morgan fingerprint density at radius 3 is 2.63 bits per heavy atom. The summed E-state index contributed by atoms with van der Waals surface area (Å²) in [6, 6.07) is 15.9. The smallest absolute Gasteiger partial charge is 0.259 e. The van der Waals surface area contributed by atoms with E-state index in [-0.39, 0.29) is 19.2 Å². The summed E-state index contributed by atoms with van der Waals surface area (Å²) in [6.45, 7) is 6.48. The van der Waals surface area contributed by atoms with Crippen LogP contribution in [0.25, 0.3) is 5.69 Å². The lowest BCUT2D eigenvalue weighted by Crippen LogP contribution is -2.25. The summed E-state index contributed by atoms with van der Waals surface area (Å²) < 4.78 is 12.8. The molecule has 7 nitrogen and oxygen atoms in total. The summed E-state index contributed by atoms with van der Waals surface area (Å²) in [4.78, 5) is 12.1. The molecule has 0 bridgehead atoms. The predicted molar refractivity (Wildman–Crippen MR) is 117 cm³/mol. The number of nitrogens with zero attached hydrogens (tertiary/aromatic N) is 2. The first kappa shape index (κ1) is 19.6. The quantitative estimate of drug-likeness (QED) is 0.485. The number of benzene rings is 2. The van der Waals surface area contributed by atoms with Crippen LogP contribution in [0.1, 0.15) is 22.5 Å². The van der Waals surface area contributed by atoms with Crippen molar-refractivity contribution in [3.63, 3.8) is 0 Å². The third kappa shape index (κ3) is 4.15. The summed E-state index contributed by atoms with van der Waals surface area (Å²) >= 11 is 0.